The van der Waals surface area contributed by atoms with Crippen molar-refractivity contribution in [3.63, 3.8) is 0 Å². The van der Waals surface area contributed by atoms with Gasteiger partial charge in [-0.1, -0.05) is 32.0 Å². The first kappa shape index (κ1) is 14.5. The lowest BCUT2D eigenvalue weighted by atomic mass is 9.96. The van der Waals surface area contributed by atoms with Crippen LogP contribution < -0.4 is 10.5 Å². The first-order valence-electron chi connectivity index (χ1n) is 6.19. The van der Waals surface area contributed by atoms with E-state index in [0.29, 0.717) is 13.2 Å². The number of hydrogen-bond donors (Lipinski definition) is 1. The Morgan fingerprint density at radius 2 is 1.89 bits per heavy atom. The SMILES string of the molecule is CC(C)C(CN)C(=O)OCCOc1ccccc1. The quantitative estimate of drug-likeness (QED) is 0.593. The van der Waals surface area contributed by atoms with Crippen molar-refractivity contribution in [2.24, 2.45) is 17.6 Å². The molecule has 0 radical (unpaired) electrons. The summed E-state index contributed by atoms with van der Waals surface area (Å²) >= 11 is 0. The average Bonchev–Trinajstić information content (AvgIpc) is 2.36. The molecule has 2 N–H and O–H groups in total. The van der Waals surface area contributed by atoms with E-state index in [9.17, 15) is 4.79 Å². The summed E-state index contributed by atoms with van der Waals surface area (Å²) in [6.45, 7) is 4.83. The van der Waals surface area contributed by atoms with Crippen LogP contribution in [-0.4, -0.2) is 25.7 Å². The van der Waals surface area contributed by atoms with Gasteiger partial charge in [-0.25, -0.2) is 0 Å². The second kappa shape index (κ2) is 7.71. The van der Waals surface area contributed by atoms with Gasteiger partial charge in [-0.15, -0.1) is 0 Å². The first-order valence-corrected chi connectivity index (χ1v) is 6.19. The molecule has 0 saturated carbocycles. The highest BCUT2D eigenvalue weighted by Crippen LogP contribution is 2.11. The number of carbonyl (C=O) groups excluding carboxylic acids is 1. The summed E-state index contributed by atoms with van der Waals surface area (Å²) in [5.74, 6) is 0.483. The maximum absolute atomic E-state index is 11.7. The van der Waals surface area contributed by atoms with Gasteiger partial charge in [0.1, 0.15) is 19.0 Å². The molecule has 0 bridgehead atoms. The van der Waals surface area contributed by atoms with Gasteiger partial charge in [0.05, 0.1) is 5.92 Å². The molecule has 0 saturated heterocycles. The van der Waals surface area contributed by atoms with Gasteiger partial charge in [-0.2, -0.15) is 0 Å². The van der Waals surface area contributed by atoms with Crippen molar-refractivity contribution in [1.82, 2.24) is 0 Å². The van der Waals surface area contributed by atoms with E-state index in [4.69, 9.17) is 15.2 Å². The molecular weight excluding hydrogens is 230 g/mol. The third-order valence-corrected chi connectivity index (χ3v) is 2.70. The lowest BCUT2D eigenvalue weighted by Gasteiger charge is -2.17. The highest BCUT2D eigenvalue weighted by molar-refractivity contribution is 5.72. The van der Waals surface area contributed by atoms with Crippen LogP contribution in [0.5, 0.6) is 5.75 Å². The van der Waals surface area contributed by atoms with Gasteiger partial charge in [0.25, 0.3) is 0 Å². The van der Waals surface area contributed by atoms with Crippen LogP contribution in [0.15, 0.2) is 30.3 Å². The Bertz CT molecular complexity index is 351. The van der Waals surface area contributed by atoms with Crippen LogP contribution in [0.1, 0.15) is 13.8 Å². The minimum atomic E-state index is -0.246. The van der Waals surface area contributed by atoms with Crippen molar-refractivity contribution in [3.05, 3.63) is 30.3 Å². The molecule has 4 heteroatoms. The molecule has 0 fully saturated rings. The number of para-hydroxylation sites is 1. The molecule has 0 aliphatic carbocycles. The zero-order valence-electron chi connectivity index (χ0n) is 11.0. The monoisotopic (exact) mass is 251 g/mol. The fraction of sp³-hybridized carbons (Fsp3) is 0.500. The molecule has 1 aromatic rings. The van der Waals surface area contributed by atoms with Gasteiger partial charge in [0.15, 0.2) is 0 Å². The Balaban J connectivity index is 2.23. The Kier molecular flexibility index (Phi) is 6.22. The van der Waals surface area contributed by atoms with Crippen molar-refractivity contribution >= 4 is 5.97 Å². The average molecular weight is 251 g/mol. The van der Waals surface area contributed by atoms with E-state index in [1.54, 1.807) is 0 Å². The van der Waals surface area contributed by atoms with E-state index in [-0.39, 0.29) is 24.4 Å². The lowest BCUT2D eigenvalue weighted by molar-refractivity contribution is -0.150. The van der Waals surface area contributed by atoms with Gasteiger partial charge in [-0.3, -0.25) is 4.79 Å². The molecule has 1 atom stereocenters. The number of nitrogens with two attached hydrogens (primary N) is 1. The summed E-state index contributed by atoms with van der Waals surface area (Å²) in [5, 5.41) is 0. The second-order valence-corrected chi connectivity index (χ2v) is 4.42. The Morgan fingerprint density at radius 3 is 2.44 bits per heavy atom. The largest absolute Gasteiger partial charge is 0.490 e. The third kappa shape index (κ3) is 4.75. The van der Waals surface area contributed by atoms with Crippen LogP contribution in [0.25, 0.3) is 0 Å². The lowest BCUT2D eigenvalue weighted by Crippen LogP contribution is -2.30. The van der Waals surface area contributed by atoms with E-state index in [0.717, 1.165) is 5.75 Å². The highest BCUT2D eigenvalue weighted by Gasteiger charge is 2.21. The van der Waals surface area contributed by atoms with E-state index >= 15 is 0 Å². The van der Waals surface area contributed by atoms with Crippen molar-refractivity contribution in [1.29, 1.82) is 0 Å². The van der Waals surface area contributed by atoms with Crippen LogP contribution in [0.4, 0.5) is 0 Å². The zero-order valence-corrected chi connectivity index (χ0v) is 11.0. The summed E-state index contributed by atoms with van der Waals surface area (Å²) < 4.78 is 10.6. The van der Waals surface area contributed by atoms with Crippen molar-refractivity contribution in [2.45, 2.75) is 13.8 Å². The van der Waals surface area contributed by atoms with Crippen LogP contribution in [0.3, 0.4) is 0 Å². The molecule has 0 amide bonds. The fourth-order valence-electron chi connectivity index (χ4n) is 1.57. The molecule has 1 aromatic carbocycles. The number of ether oxygens (including phenoxy) is 2. The number of rotatable bonds is 7. The van der Waals surface area contributed by atoms with Crippen molar-refractivity contribution in [3.8, 4) is 5.75 Å². The molecule has 0 aliphatic heterocycles. The summed E-state index contributed by atoms with van der Waals surface area (Å²) in [6, 6.07) is 9.42. The first-order chi connectivity index (χ1) is 8.65. The maximum Gasteiger partial charge on any atom is 0.310 e. The van der Waals surface area contributed by atoms with Gasteiger partial charge in [-0.05, 0) is 18.1 Å². The second-order valence-electron chi connectivity index (χ2n) is 4.42. The normalized spacial score (nSPS) is 12.2. The molecule has 100 valence electrons. The Labute approximate surface area is 108 Å². The van der Waals surface area contributed by atoms with Crippen LogP contribution in [0.2, 0.25) is 0 Å². The van der Waals surface area contributed by atoms with E-state index in [2.05, 4.69) is 0 Å². The molecule has 1 unspecified atom stereocenters. The maximum atomic E-state index is 11.7. The molecular formula is C14H21NO3. The summed E-state index contributed by atoms with van der Waals surface area (Å²) in [4.78, 5) is 11.7. The van der Waals surface area contributed by atoms with Crippen LogP contribution in [-0.2, 0) is 9.53 Å². The molecule has 0 aromatic heterocycles. The van der Waals surface area contributed by atoms with Crippen molar-refractivity contribution in [2.75, 3.05) is 19.8 Å². The predicted octanol–water partition coefficient (Wildman–Crippen LogP) is 1.84. The van der Waals surface area contributed by atoms with Crippen LogP contribution in [0, 0.1) is 11.8 Å². The summed E-state index contributed by atoms with van der Waals surface area (Å²) in [5.41, 5.74) is 5.54. The molecule has 18 heavy (non-hydrogen) atoms. The molecule has 0 heterocycles. The summed E-state index contributed by atoms with van der Waals surface area (Å²) in [6.07, 6.45) is 0. The summed E-state index contributed by atoms with van der Waals surface area (Å²) in [7, 11) is 0. The molecule has 0 spiro atoms. The Hall–Kier alpha value is -1.55. The number of esters is 1. The van der Waals surface area contributed by atoms with E-state index in [1.807, 2.05) is 44.2 Å². The minimum absolute atomic E-state index is 0.192. The van der Waals surface area contributed by atoms with Gasteiger partial charge < -0.3 is 15.2 Å². The molecule has 0 aliphatic rings. The van der Waals surface area contributed by atoms with E-state index < -0.39 is 0 Å². The van der Waals surface area contributed by atoms with E-state index in [1.165, 1.54) is 0 Å². The predicted molar refractivity (Wildman–Crippen MR) is 70.3 cm³/mol. The van der Waals surface area contributed by atoms with Gasteiger partial charge in [0, 0.05) is 6.54 Å². The van der Waals surface area contributed by atoms with Crippen LogP contribution >= 0.6 is 0 Å². The number of hydrogen-bond acceptors (Lipinski definition) is 4. The fourth-order valence-corrected chi connectivity index (χ4v) is 1.57. The number of benzene rings is 1. The smallest absolute Gasteiger partial charge is 0.310 e. The van der Waals surface area contributed by atoms with Gasteiger partial charge >= 0.3 is 5.97 Å². The zero-order chi connectivity index (χ0) is 13.4. The third-order valence-electron chi connectivity index (χ3n) is 2.70. The minimum Gasteiger partial charge on any atom is -0.490 e. The number of carbonyl (C=O) groups is 1. The highest BCUT2D eigenvalue weighted by atomic mass is 16.6. The standard InChI is InChI=1S/C14H21NO3/c1-11(2)13(10-15)14(16)18-9-8-17-12-6-4-3-5-7-12/h3-7,11,13H,8-10,15H2,1-2H3. The molecule has 4 nitrogen and oxygen atoms in total. The Morgan fingerprint density at radius 1 is 1.22 bits per heavy atom. The van der Waals surface area contributed by atoms with Gasteiger partial charge in [0.2, 0.25) is 0 Å². The van der Waals surface area contributed by atoms with Crippen molar-refractivity contribution < 1.29 is 14.3 Å². The topological polar surface area (TPSA) is 61.6 Å². The molecule has 1 rings (SSSR count).